The van der Waals surface area contributed by atoms with Gasteiger partial charge in [-0.1, -0.05) is 0 Å². The molecule has 18 heavy (non-hydrogen) atoms. The van der Waals surface area contributed by atoms with Crippen molar-refractivity contribution in [3.63, 3.8) is 0 Å². The van der Waals surface area contributed by atoms with Crippen molar-refractivity contribution in [3.8, 4) is 22.1 Å². The zero-order valence-electron chi connectivity index (χ0n) is 9.64. The molecule has 2 heterocycles. The molecular formula is C12H11BrN2O2S. The summed E-state index contributed by atoms with van der Waals surface area (Å²) in [7, 11) is 0. The molecule has 1 aliphatic heterocycles. The fourth-order valence-electron chi connectivity index (χ4n) is 1.72. The average molecular weight is 327 g/mol. The number of aromatic nitrogens is 1. The Bertz CT molecular complexity index is 598. The van der Waals surface area contributed by atoms with Crippen molar-refractivity contribution in [2.45, 2.75) is 13.0 Å². The van der Waals surface area contributed by atoms with Crippen molar-refractivity contribution < 1.29 is 9.47 Å². The maximum absolute atomic E-state index is 5.84. The molecule has 1 aromatic carbocycles. The first-order valence-corrected chi connectivity index (χ1v) is 7.07. The number of hydrogen-bond acceptors (Lipinski definition) is 5. The monoisotopic (exact) mass is 326 g/mol. The highest BCUT2D eigenvalue weighted by Gasteiger charge is 2.19. The van der Waals surface area contributed by atoms with Gasteiger partial charge in [0.15, 0.2) is 11.5 Å². The number of fused-ring (bicyclic) bond motifs is 1. The van der Waals surface area contributed by atoms with E-state index >= 15 is 0 Å². The van der Waals surface area contributed by atoms with E-state index in [9.17, 15) is 0 Å². The van der Waals surface area contributed by atoms with E-state index in [0.29, 0.717) is 0 Å². The molecule has 1 aliphatic rings. The predicted octanol–water partition coefficient (Wildman–Crippen LogP) is 3.32. The zero-order valence-corrected chi connectivity index (χ0v) is 12.0. The number of nitrogens with zero attached hydrogens (tertiary/aromatic N) is 1. The fraction of sp³-hybridized carbons (Fsp3) is 0.250. The lowest BCUT2D eigenvalue weighted by Crippen LogP contribution is -2.01. The summed E-state index contributed by atoms with van der Waals surface area (Å²) < 4.78 is 11.6. The molecule has 0 spiro atoms. The first-order valence-electron chi connectivity index (χ1n) is 5.46. The predicted molar refractivity (Wildman–Crippen MR) is 74.0 cm³/mol. The van der Waals surface area contributed by atoms with Crippen molar-refractivity contribution in [3.05, 3.63) is 27.7 Å². The lowest BCUT2D eigenvalue weighted by atomic mass is 10.2. The molecule has 0 radical (unpaired) electrons. The smallest absolute Gasteiger partial charge is 0.231 e. The number of halogens is 1. The maximum atomic E-state index is 5.84. The Morgan fingerprint density at radius 2 is 2.28 bits per heavy atom. The molecule has 0 saturated heterocycles. The SMILES string of the molecule is CC(N)c1cnc(-c2cc(Br)c3c(c2)OCO3)s1. The van der Waals surface area contributed by atoms with E-state index in [-0.39, 0.29) is 12.8 Å². The Labute approximate surface area is 117 Å². The van der Waals surface area contributed by atoms with Gasteiger partial charge in [-0.05, 0) is 35.0 Å². The summed E-state index contributed by atoms with van der Waals surface area (Å²) in [5, 5.41) is 0.932. The maximum Gasteiger partial charge on any atom is 0.231 e. The Balaban J connectivity index is 2.03. The molecule has 4 nitrogen and oxygen atoms in total. The van der Waals surface area contributed by atoms with Gasteiger partial charge in [-0.2, -0.15) is 0 Å². The van der Waals surface area contributed by atoms with Crippen LogP contribution in [0.25, 0.3) is 10.6 Å². The number of rotatable bonds is 2. The number of ether oxygens (including phenoxy) is 2. The molecule has 0 bridgehead atoms. The standard InChI is InChI=1S/C12H11BrN2O2S/c1-6(14)10-4-15-12(18-10)7-2-8(13)11-9(3-7)16-5-17-11/h2-4,6H,5,14H2,1H3. The van der Waals surface area contributed by atoms with E-state index in [1.54, 1.807) is 11.3 Å². The lowest BCUT2D eigenvalue weighted by Gasteiger charge is -2.02. The summed E-state index contributed by atoms with van der Waals surface area (Å²) in [5.41, 5.74) is 6.84. The highest BCUT2D eigenvalue weighted by Crippen LogP contribution is 2.43. The van der Waals surface area contributed by atoms with E-state index in [4.69, 9.17) is 15.2 Å². The quantitative estimate of drug-likeness (QED) is 0.919. The first-order chi connectivity index (χ1) is 8.65. The fourth-order valence-corrected chi connectivity index (χ4v) is 3.13. The summed E-state index contributed by atoms with van der Waals surface area (Å²) >= 11 is 5.07. The minimum absolute atomic E-state index is 0.00806. The summed E-state index contributed by atoms with van der Waals surface area (Å²) in [6, 6.07) is 3.93. The van der Waals surface area contributed by atoms with Crippen LogP contribution in [0.2, 0.25) is 0 Å². The number of thiazole rings is 1. The molecule has 3 rings (SSSR count). The molecule has 1 atom stereocenters. The number of nitrogens with two attached hydrogens (primary N) is 1. The summed E-state index contributed by atoms with van der Waals surface area (Å²) in [6.45, 7) is 2.22. The van der Waals surface area contributed by atoms with Gasteiger partial charge in [0.25, 0.3) is 0 Å². The van der Waals surface area contributed by atoms with E-state index in [1.807, 2.05) is 25.3 Å². The molecule has 94 valence electrons. The molecule has 2 N–H and O–H groups in total. The van der Waals surface area contributed by atoms with Crippen molar-refractivity contribution in [2.24, 2.45) is 5.73 Å². The average Bonchev–Trinajstić information content (AvgIpc) is 2.97. The van der Waals surface area contributed by atoms with E-state index in [2.05, 4.69) is 20.9 Å². The Kier molecular flexibility index (Phi) is 3.01. The van der Waals surface area contributed by atoms with Gasteiger partial charge in [-0.3, -0.25) is 0 Å². The van der Waals surface area contributed by atoms with Gasteiger partial charge < -0.3 is 15.2 Å². The second-order valence-electron chi connectivity index (χ2n) is 4.05. The molecule has 6 heteroatoms. The van der Waals surface area contributed by atoms with Crippen molar-refractivity contribution in [1.82, 2.24) is 4.98 Å². The van der Waals surface area contributed by atoms with Gasteiger partial charge in [-0.25, -0.2) is 4.98 Å². The van der Waals surface area contributed by atoms with Crippen LogP contribution in [-0.4, -0.2) is 11.8 Å². The third-order valence-electron chi connectivity index (χ3n) is 2.65. The molecular weight excluding hydrogens is 316 g/mol. The van der Waals surface area contributed by atoms with Gasteiger partial charge in [-0.15, -0.1) is 11.3 Å². The third-order valence-corrected chi connectivity index (χ3v) is 4.48. The van der Waals surface area contributed by atoms with Crippen molar-refractivity contribution >= 4 is 27.3 Å². The van der Waals surface area contributed by atoms with Crippen LogP contribution in [-0.2, 0) is 0 Å². The van der Waals surface area contributed by atoms with Gasteiger partial charge in [0.2, 0.25) is 6.79 Å². The van der Waals surface area contributed by atoms with Gasteiger partial charge in [0.05, 0.1) is 4.47 Å². The minimum atomic E-state index is 0.00806. The molecule has 1 unspecified atom stereocenters. The van der Waals surface area contributed by atoms with Crippen molar-refractivity contribution in [2.75, 3.05) is 6.79 Å². The summed E-state index contributed by atoms with van der Waals surface area (Å²) in [6.07, 6.45) is 1.82. The van der Waals surface area contributed by atoms with Crippen LogP contribution in [0.15, 0.2) is 22.8 Å². The van der Waals surface area contributed by atoms with E-state index in [1.165, 1.54) is 0 Å². The Morgan fingerprint density at radius 1 is 1.44 bits per heavy atom. The highest BCUT2D eigenvalue weighted by atomic mass is 79.9. The molecule has 1 aromatic heterocycles. The largest absolute Gasteiger partial charge is 0.454 e. The van der Waals surface area contributed by atoms with Gasteiger partial charge in [0, 0.05) is 22.7 Å². The number of hydrogen-bond donors (Lipinski definition) is 1. The third kappa shape index (κ3) is 2.00. The van der Waals surface area contributed by atoms with Gasteiger partial charge >= 0.3 is 0 Å². The first kappa shape index (κ1) is 12.0. The Morgan fingerprint density at radius 3 is 3.00 bits per heavy atom. The Hall–Kier alpha value is -1.11. The van der Waals surface area contributed by atoms with Crippen LogP contribution in [0.4, 0.5) is 0 Å². The van der Waals surface area contributed by atoms with Crippen LogP contribution in [0, 0.1) is 0 Å². The normalized spacial score (nSPS) is 14.8. The van der Waals surface area contributed by atoms with E-state index < -0.39 is 0 Å². The zero-order chi connectivity index (χ0) is 12.7. The van der Waals surface area contributed by atoms with Crippen molar-refractivity contribution in [1.29, 1.82) is 0 Å². The van der Waals surface area contributed by atoms with Crippen LogP contribution < -0.4 is 15.2 Å². The van der Waals surface area contributed by atoms with E-state index in [0.717, 1.165) is 31.4 Å². The van der Waals surface area contributed by atoms with Crippen LogP contribution in [0.3, 0.4) is 0 Å². The molecule has 0 saturated carbocycles. The van der Waals surface area contributed by atoms with Crippen LogP contribution >= 0.6 is 27.3 Å². The second-order valence-corrected chi connectivity index (χ2v) is 5.96. The molecule has 0 amide bonds. The second kappa shape index (κ2) is 4.53. The molecule has 2 aromatic rings. The topological polar surface area (TPSA) is 57.4 Å². The van der Waals surface area contributed by atoms with Crippen LogP contribution in [0.1, 0.15) is 17.8 Å². The minimum Gasteiger partial charge on any atom is -0.454 e. The summed E-state index contributed by atoms with van der Waals surface area (Å²) in [5.74, 6) is 1.50. The lowest BCUT2D eigenvalue weighted by molar-refractivity contribution is 0.173. The molecule has 0 aliphatic carbocycles. The molecule has 0 fully saturated rings. The van der Waals surface area contributed by atoms with Crippen LogP contribution in [0.5, 0.6) is 11.5 Å². The highest BCUT2D eigenvalue weighted by molar-refractivity contribution is 9.10. The number of benzene rings is 1. The van der Waals surface area contributed by atoms with Gasteiger partial charge in [0.1, 0.15) is 5.01 Å². The summed E-state index contributed by atoms with van der Waals surface area (Å²) in [4.78, 5) is 5.46.